The number of nitrogens with zero attached hydrogens (tertiary/aromatic N) is 2. The highest BCUT2D eigenvalue weighted by Crippen LogP contribution is 2.23. The summed E-state index contributed by atoms with van der Waals surface area (Å²) in [6.45, 7) is 5.43. The third-order valence-electron chi connectivity index (χ3n) is 3.30. The Kier molecular flexibility index (Phi) is 5.13. The highest BCUT2D eigenvalue weighted by Gasteiger charge is 2.27. The third-order valence-corrected chi connectivity index (χ3v) is 5.23. The van der Waals surface area contributed by atoms with E-state index < -0.39 is 15.1 Å². The van der Waals surface area contributed by atoms with Crippen LogP contribution in [0.2, 0.25) is 0 Å². The maximum absolute atomic E-state index is 12.3. The molecule has 1 heterocycles. The lowest BCUT2D eigenvalue weighted by atomic mass is 10.2. The van der Waals surface area contributed by atoms with E-state index in [1.54, 1.807) is 19.1 Å². The molecule has 6 heteroatoms. The lowest BCUT2D eigenvalue weighted by molar-refractivity contribution is 0.369. The fraction of sp³-hybridized carbons (Fsp3) is 0.375. The summed E-state index contributed by atoms with van der Waals surface area (Å²) < 4.78 is 29.7. The third kappa shape index (κ3) is 4.04. The molecule has 1 aromatic carbocycles. The van der Waals surface area contributed by atoms with Crippen molar-refractivity contribution in [3.8, 4) is 0 Å². The molecule has 0 spiro atoms. The average Bonchev–Trinajstić information content (AvgIpc) is 2.97. The summed E-state index contributed by atoms with van der Waals surface area (Å²) in [6, 6.07) is 9.56. The Balaban J connectivity index is 2.07. The van der Waals surface area contributed by atoms with Gasteiger partial charge in [0.05, 0.1) is 5.75 Å². The number of sulfone groups is 1. The normalized spacial score (nSPS) is 13.8. The number of aromatic nitrogens is 2. The van der Waals surface area contributed by atoms with Crippen molar-refractivity contribution in [3.63, 3.8) is 0 Å². The molecule has 2 rings (SSSR count). The fourth-order valence-corrected chi connectivity index (χ4v) is 2.88. The minimum atomic E-state index is -3.38. The van der Waals surface area contributed by atoms with E-state index in [1.807, 2.05) is 44.2 Å². The van der Waals surface area contributed by atoms with E-state index in [-0.39, 0.29) is 17.6 Å². The second-order valence-corrected chi connectivity index (χ2v) is 7.80. The van der Waals surface area contributed by atoms with E-state index >= 15 is 0 Å². The molecule has 0 aliphatic rings. The molecule has 0 aliphatic heterocycles. The maximum atomic E-state index is 12.3. The predicted molar refractivity (Wildman–Crippen MR) is 86.1 cm³/mol. The summed E-state index contributed by atoms with van der Waals surface area (Å²) >= 11 is 0. The Bertz CT molecular complexity index is 734. The van der Waals surface area contributed by atoms with E-state index in [2.05, 4.69) is 10.1 Å². The predicted octanol–water partition coefficient (Wildman–Crippen LogP) is 3.38. The van der Waals surface area contributed by atoms with Crippen molar-refractivity contribution >= 4 is 15.9 Å². The van der Waals surface area contributed by atoms with Crippen molar-refractivity contribution in [2.45, 2.75) is 31.9 Å². The van der Waals surface area contributed by atoms with Gasteiger partial charge in [-0.25, -0.2) is 8.42 Å². The molecule has 1 atom stereocenters. The van der Waals surface area contributed by atoms with E-state index in [1.165, 1.54) is 0 Å². The van der Waals surface area contributed by atoms with Gasteiger partial charge in [-0.05, 0) is 12.5 Å². The van der Waals surface area contributed by atoms with Crippen LogP contribution in [0.4, 0.5) is 0 Å². The van der Waals surface area contributed by atoms with Crippen LogP contribution in [0.1, 0.15) is 49.2 Å². The smallest absolute Gasteiger partial charge is 0.244 e. The summed E-state index contributed by atoms with van der Waals surface area (Å²) in [5, 5.41) is 3.00. The molecule has 0 saturated heterocycles. The SMILES string of the molecule is CC(C)c1noc([C@@H](C)S(=O)(=O)C/C=C\c2ccccc2)n1. The van der Waals surface area contributed by atoms with Gasteiger partial charge in [0.1, 0.15) is 5.25 Å². The van der Waals surface area contributed by atoms with Crippen LogP contribution >= 0.6 is 0 Å². The molecule has 2 aromatic rings. The standard InChI is InChI=1S/C16H20N2O3S/c1-12(2)15-17-16(21-18-15)13(3)22(19,20)11-7-10-14-8-5-4-6-9-14/h4-10,12-13H,11H2,1-3H3/b10-7-/t13-/m1/s1. The summed E-state index contributed by atoms with van der Waals surface area (Å²) in [6.07, 6.45) is 3.43. The molecule has 0 unspecified atom stereocenters. The lowest BCUT2D eigenvalue weighted by Gasteiger charge is -2.06. The molecule has 118 valence electrons. The van der Waals surface area contributed by atoms with Crippen molar-refractivity contribution in [1.82, 2.24) is 10.1 Å². The van der Waals surface area contributed by atoms with Gasteiger partial charge in [0, 0.05) is 5.92 Å². The van der Waals surface area contributed by atoms with Gasteiger partial charge in [-0.1, -0.05) is 61.5 Å². The van der Waals surface area contributed by atoms with Crippen LogP contribution in [-0.2, 0) is 9.84 Å². The minimum Gasteiger partial charge on any atom is -0.338 e. The van der Waals surface area contributed by atoms with Crippen molar-refractivity contribution in [1.29, 1.82) is 0 Å². The molecule has 0 aliphatic carbocycles. The first-order valence-corrected chi connectivity index (χ1v) is 8.88. The van der Waals surface area contributed by atoms with E-state index in [4.69, 9.17) is 4.52 Å². The van der Waals surface area contributed by atoms with Crippen molar-refractivity contribution < 1.29 is 12.9 Å². The first-order valence-electron chi connectivity index (χ1n) is 7.17. The van der Waals surface area contributed by atoms with Crippen LogP contribution in [0, 0.1) is 0 Å². The van der Waals surface area contributed by atoms with Gasteiger partial charge < -0.3 is 4.52 Å². The van der Waals surface area contributed by atoms with Crippen molar-refractivity contribution in [3.05, 3.63) is 53.7 Å². The lowest BCUT2D eigenvalue weighted by Crippen LogP contribution is -2.13. The molecule has 0 saturated carbocycles. The van der Waals surface area contributed by atoms with Gasteiger partial charge in [0.2, 0.25) is 5.89 Å². The molecule has 0 N–H and O–H groups in total. The number of hydrogen-bond acceptors (Lipinski definition) is 5. The molecule has 0 amide bonds. The minimum absolute atomic E-state index is 0.0670. The van der Waals surface area contributed by atoms with E-state index in [0.29, 0.717) is 5.82 Å². The Hall–Kier alpha value is -1.95. The Morgan fingerprint density at radius 1 is 1.18 bits per heavy atom. The largest absolute Gasteiger partial charge is 0.338 e. The van der Waals surface area contributed by atoms with Crippen LogP contribution < -0.4 is 0 Å². The fourth-order valence-electron chi connectivity index (χ4n) is 1.83. The van der Waals surface area contributed by atoms with Gasteiger partial charge in [-0.2, -0.15) is 4.98 Å². The molecule has 0 radical (unpaired) electrons. The van der Waals surface area contributed by atoms with Crippen LogP contribution in [0.3, 0.4) is 0 Å². The first-order chi connectivity index (χ1) is 10.4. The number of rotatable bonds is 6. The highest BCUT2D eigenvalue weighted by atomic mass is 32.2. The van der Waals surface area contributed by atoms with Gasteiger partial charge in [-0.15, -0.1) is 0 Å². The summed E-state index contributed by atoms with van der Waals surface area (Å²) in [4.78, 5) is 4.16. The van der Waals surface area contributed by atoms with Gasteiger partial charge in [0.25, 0.3) is 0 Å². The molecule has 5 nitrogen and oxygen atoms in total. The summed E-state index contributed by atoms with van der Waals surface area (Å²) in [5.41, 5.74) is 0.963. The number of benzene rings is 1. The summed E-state index contributed by atoms with van der Waals surface area (Å²) in [7, 11) is -3.38. The monoisotopic (exact) mass is 320 g/mol. The zero-order chi connectivity index (χ0) is 16.2. The molecule has 22 heavy (non-hydrogen) atoms. The van der Waals surface area contributed by atoms with Gasteiger partial charge >= 0.3 is 0 Å². The van der Waals surface area contributed by atoms with Crippen LogP contribution in [0.25, 0.3) is 6.08 Å². The van der Waals surface area contributed by atoms with Crippen LogP contribution in [0.5, 0.6) is 0 Å². The van der Waals surface area contributed by atoms with Crippen molar-refractivity contribution in [2.75, 3.05) is 5.75 Å². The van der Waals surface area contributed by atoms with E-state index in [9.17, 15) is 8.42 Å². The van der Waals surface area contributed by atoms with E-state index in [0.717, 1.165) is 5.56 Å². The highest BCUT2D eigenvalue weighted by molar-refractivity contribution is 7.91. The number of hydrogen-bond donors (Lipinski definition) is 0. The summed E-state index contributed by atoms with van der Waals surface area (Å²) in [5.74, 6) is 0.710. The van der Waals surface area contributed by atoms with Gasteiger partial charge in [0.15, 0.2) is 15.7 Å². The molecular weight excluding hydrogens is 300 g/mol. The Labute approximate surface area is 131 Å². The maximum Gasteiger partial charge on any atom is 0.244 e. The Morgan fingerprint density at radius 3 is 2.45 bits per heavy atom. The second kappa shape index (κ2) is 6.87. The van der Waals surface area contributed by atoms with Crippen LogP contribution in [0.15, 0.2) is 40.9 Å². The zero-order valence-corrected chi connectivity index (χ0v) is 13.7. The molecule has 0 fully saturated rings. The van der Waals surface area contributed by atoms with Crippen LogP contribution in [-0.4, -0.2) is 24.3 Å². The molecular formula is C16H20N2O3S. The van der Waals surface area contributed by atoms with Gasteiger partial charge in [-0.3, -0.25) is 0 Å². The van der Waals surface area contributed by atoms with Crippen molar-refractivity contribution in [2.24, 2.45) is 0 Å². The Morgan fingerprint density at radius 2 is 1.86 bits per heavy atom. The zero-order valence-electron chi connectivity index (χ0n) is 12.9. The average molecular weight is 320 g/mol. The second-order valence-electron chi connectivity index (χ2n) is 5.43. The molecule has 0 bridgehead atoms. The quantitative estimate of drug-likeness (QED) is 0.815. The topological polar surface area (TPSA) is 73.1 Å². The molecule has 1 aromatic heterocycles. The first kappa shape index (κ1) is 16.4.